The summed E-state index contributed by atoms with van der Waals surface area (Å²) in [7, 11) is 1.47. The van der Waals surface area contributed by atoms with Crippen molar-refractivity contribution in [3.8, 4) is 17.6 Å². The van der Waals surface area contributed by atoms with Crippen LogP contribution in [-0.2, 0) is 6.61 Å². The summed E-state index contributed by atoms with van der Waals surface area (Å²) in [5.74, 6) is 0.566. The van der Waals surface area contributed by atoms with Crippen LogP contribution in [0.15, 0.2) is 42.5 Å². The molecule has 0 amide bonds. The molecule has 6 heteroatoms. The third-order valence-corrected chi connectivity index (χ3v) is 2.88. The van der Waals surface area contributed by atoms with Crippen LogP contribution in [0.2, 0.25) is 0 Å². The number of nitro benzene ring substituents is 1. The van der Waals surface area contributed by atoms with E-state index in [1.54, 1.807) is 24.3 Å². The van der Waals surface area contributed by atoms with Gasteiger partial charge in [-0.05, 0) is 12.1 Å². The summed E-state index contributed by atoms with van der Waals surface area (Å²) in [6.45, 7) is 0.0672. The molecule has 0 saturated carbocycles. The molecular formula is C15H12N2O4. The molecule has 2 rings (SSSR count). The molecule has 0 heterocycles. The normalized spacial score (nSPS) is 9.71. The second-order valence-electron chi connectivity index (χ2n) is 4.15. The minimum absolute atomic E-state index is 0.0672. The third-order valence-electron chi connectivity index (χ3n) is 2.88. The largest absolute Gasteiger partial charge is 0.497 e. The smallest absolute Gasteiger partial charge is 0.311 e. The highest BCUT2D eigenvalue weighted by molar-refractivity contribution is 5.50. The van der Waals surface area contributed by atoms with E-state index in [0.717, 1.165) is 0 Å². The van der Waals surface area contributed by atoms with Crippen molar-refractivity contribution in [2.24, 2.45) is 0 Å². The zero-order valence-corrected chi connectivity index (χ0v) is 11.3. The minimum atomic E-state index is -0.523. The van der Waals surface area contributed by atoms with Crippen LogP contribution in [0.1, 0.15) is 11.1 Å². The first-order chi connectivity index (χ1) is 10.2. The Bertz CT molecular complexity index is 707. The van der Waals surface area contributed by atoms with E-state index in [9.17, 15) is 10.1 Å². The highest BCUT2D eigenvalue weighted by Crippen LogP contribution is 2.31. The SMILES string of the molecule is COc1ccc([N+](=O)[O-])c(OCc2ccccc2C#N)c1. The van der Waals surface area contributed by atoms with E-state index in [2.05, 4.69) is 6.07 Å². The first kappa shape index (κ1) is 14.3. The zero-order chi connectivity index (χ0) is 15.2. The monoisotopic (exact) mass is 284 g/mol. The molecule has 0 spiro atoms. The molecule has 0 fully saturated rings. The Kier molecular flexibility index (Phi) is 4.36. The first-order valence-corrected chi connectivity index (χ1v) is 6.09. The van der Waals surface area contributed by atoms with Gasteiger partial charge in [0.15, 0.2) is 0 Å². The fourth-order valence-electron chi connectivity index (χ4n) is 1.80. The van der Waals surface area contributed by atoms with E-state index in [4.69, 9.17) is 14.7 Å². The number of benzene rings is 2. The van der Waals surface area contributed by atoms with Crippen molar-refractivity contribution < 1.29 is 14.4 Å². The Morgan fingerprint density at radius 1 is 1.29 bits per heavy atom. The van der Waals surface area contributed by atoms with Crippen LogP contribution in [0.5, 0.6) is 11.5 Å². The molecular weight excluding hydrogens is 272 g/mol. The summed E-state index contributed by atoms with van der Waals surface area (Å²) >= 11 is 0. The van der Waals surface area contributed by atoms with E-state index < -0.39 is 4.92 Å². The number of nitriles is 1. The average Bonchev–Trinajstić information content (AvgIpc) is 2.52. The van der Waals surface area contributed by atoms with Crippen LogP contribution < -0.4 is 9.47 Å². The fourth-order valence-corrected chi connectivity index (χ4v) is 1.80. The molecule has 0 aliphatic rings. The van der Waals surface area contributed by atoms with Crippen molar-refractivity contribution >= 4 is 5.69 Å². The maximum absolute atomic E-state index is 11.0. The Hall–Kier alpha value is -3.07. The Labute approximate surface area is 121 Å². The number of hydrogen-bond acceptors (Lipinski definition) is 5. The van der Waals surface area contributed by atoms with Gasteiger partial charge in [-0.3, -0.25) is 10.1 Å². The topological polar surface area (TPSA) is 85.4 Å². The van der Waals surface area contributed by atoms with Gasteiger partial charge in [0.25, 0.3) is 0 Å². The number of nitro groups is 1. The average molecular weight is 284 g/mol. The van der Waals surface area contributed by atoms with Gasteiger partial charge in [-0.1, -0.05) is 18.2 Å². The summed E-state index contributed by atoms with van der Waals surface area (Å²) in [6, 6.07) is 13.3. The second-order valence-corrected chi connectivity index (χ2v) is 4.15. The molecule has 0 aliphatic heterocycles. The molecule has 21 heavy (non-hydrogen) atoms. The zero-order valence-electron chi connectivity index (χ0n) is 11.3. The Balaban J connectivity index is 2.27. The third kappa shape index (κ3) is 3.28. The summed E-state index contributed by atoms with van der Waals surface area (Å²) in [4.78, 5) is 10.5. The quantitative estimate of drug-likeness (QED) is 0.622. The number of nitrogens with zero attached hydrogens (tertiary/aromatic N) is 2. The van der Waals surface area contributed by atoms with E-state index in [1.807, 2.05) is 0 Å². The van der Waals surface area contributed by atoms with Crippen molar-refractivity contribution in [2.45, 2.75) is 6.61 Å². The van der Waals surface area contributed by atoms with Crippen molar-refractivity contribution in [3.05, 3.63) is 63.7 Å². The molecule has 6 nitrogen and oxygen atoms in total. The lowest BCUT2D eigenvalue weighted by molar-refractivity contribution is -0.386. The highest BCUT2D eigenvalue weighted by atomic mass is 16.6. The van der Waals surface area contributed by atoms with Crippen molar-refractivity contribution in [3.63, 3.8) is 0 Å². The van der Waals surface area contributed by atoms with E-state index >= 15 is 0 Å². The van der Waals surface area contributed by atoms with Crippen molar-refractivity contribution in [1.82, 2.24) is 0 Å². The highest BCUT2D eigenvalue weighted by Gasteiger charge is 2.16. The van der Waals surface area contributed by atoms with Crippen LogP contribution >= 0.6 is 0 Å². The Morgan fingerprint density at radius 3 is 2.71 bits per heavy atom. The van der Waals surface area contributed by atoms with Gasteiger partial charge in [-0.2, -0.15) is 5.26 Å². The summed E-state index contributed by atoms with van der Waals surface area (Å²) in [5.41, 5.74) is 0.991. The van der Waals surface area contributed by atoms with Crippen LogP contribution in [0.25, 0.3) is 0 Å². The molecule has 106 valence electrons. The van der Waals surface area contributed by atoms with Crippen molar-refractivity contribution in [1.29, 1.82) is 5.26 Å². The van der Waals surface area contributed by atoms with Gasteiger partial charge in [-0.25, -0.2) is 0 Å². The summed E-state index contributed by atoms with van der Waals surface area (Å²) in [6.07, 6.45) is 0. The van der Waals surface area contributed by atoms with E-state index in [-0.39, 0.29) is 18.0 Å². The van der Waals surface area contributed by atoms with E-state index in [0.29, 0.717) is 16.9 Å². The van der Waals surface area contributed by atoms with Gasteiger partial charge in [-0.15, -0.1) is 0 Å². The van der Waals surface area contributed by atoms with Gasteiger partial charge in [0.2, 0.25) is 5.75 Å². The standard InChI is InChI=1S/C15H12N2O4/c1-20-13-6-7-14(17(18)19)15(8-13)21-10-12-5-3-2-4-11(12)9-16/h2-8H,10H2,1H3. The van der Waals surface area contributed by atoms with E-state index in [1.165, 1.54) is 25.3 Å². The van der Waals surface area contributed by atoms with Gasteiger partial charge >= 0.3 is 5.69 Å². The minimum Gasteiger partial charge on any atom is -0.497 e. The number of rotatable bonds is 5. The number of hydrogen-bond donors (Lipinski definition) is 0. The molecule has 0 aliphatic carbocycles. The van der Waals surface area contributed by atoms with Gasteiger partial charge in [0.05, 0.1) is 23.7 Å². The van der Waals surface area contributed by atoms with Gasteiger partial charge in [0, 0.05) is 17.7 Å². The van der Waals surface area contributed by atoms with Crippen LogP contribution in [-0.4, -0.2) is 12.0 Å². The van der Waals surface area contributed by atoms with Crippen molar-refractivity contribution in [2.75, 3.05) is 7.11 Å². The van der Waals surface area contributed by atoms with Gasteiger partial charge < -0.3 is 9.47 Å². The molecule has 0 aromatic heterocycles. The number of ether oxygens (including phenoxy) is 2. The molecule has 0 saturated heterocycles. The maximum atomic E-state index is 11.0. The van der Waals surface area contributed by atoms with Crippen LogP contribution in [0, 0.1) is 21.4 Å². The maximum Gasteiger partial charge on any atom is 0.311 e. The molecule has 0 unspecified atom stereocenters. The Morgan fingerprint density at radius 2 is 2.05 bits per heavy atom. The molecule has 0 N–H and O–H groups in total. The summed E-state index contributed by atoms with van der Waals surface area (Å²) in [5, 5.41) is 20.0. The second kappa shape index (κ2) is 6.39. The predicted octanol–water partition coefficient (Wildman–Crippen LogP) is 3.05. The summed E-state index contributed by atoms with van der Waals surface area (Å²) < 4.78 is 10.5. The fraction of sp³-hybridized carbons (Fsp3) is 0.133. The molecule has 2 aromatic carbocycles. The molecule has 2 aromatic rings. The van der Waals surface area contributed by atoms with Crippen LogP contribution in [0.3, 0.4) is 0 Å². The lowest BCUT2D eigenvalue weighted by Crippen LogP contribution is -2.01. The van der Waals surface area contributed by atoms with Crippen LogP contribution in [0.4, 0.5) is 5.69 Å². The molecule has 0 bridgehead atoms. The first-order valence-electron chi connectivity index (χ1n) is 6.09. The lowest BCUT2D eigenvalue weighted by atomic mass is 10.1. The molecule has 0 atom stereocenters. The predicted molar refractivity (Wildman–Crippen MR) is 75.1 cm³/mol. The molecule has 0 radical (unpaired) electrons. The number of methoxy groups -OCH3 is 1. The lowest BCUT2D eigenvalue weighted by Gasteiger charge is -2.09. The van der Waals surface area contributed by atoms with Gasteiger partial charge in [0.1, 0.15) is 12.4 Å².